The maximum absolute atomic E-state index is 13.0. The maximum Gasteiger partial charge on any atom is 0.233 e. The third-order valence-corrected chi connectivity index (χ3v) is 5.25. The van der Waals surface area contributed by atoms with Crippen LogP contribution in [-0.4, -0.2) is 39.1 Å². The number of aromatic nitrogens is 3. The molecule has 5 nitrogen and oxygen atoms in total. The number of hydrogen-bond acceptors (Lipinski definition) is 3. The molecule has 0 atom stereocenters. The first-order valence-electron chi connectivity index (χ1n) is 8.43. The topological polar surface area (TPSA) is 61.9 Å². The van der Waals surface area contributed by atoms with Gasteiger partial charge in [0.1, 0.15) is 5.82 Å². The molecule has 2 aromatic rings. The number of benzene rings is 1. The fourth-order valence-corrected chi connectivity index (χ4v) is 3.69. The summed E-state index contributed by atoms with van der Waals surface area (Å²) in [5.41, 5.74) is 0.937. The van der Waals surface area contributed by atoms with Gasteiger partial charge in [-0.2, -0.15) is 5.10 Å². The SMILES string of the molecule is Cc1nc(C2CCN(C(=O)C3(c4ccccc4)CC3)CC2)n[nH]1. The molecule has 1 aromatic carbocycles. The molecule has 5 heteroatoms. The minimum Gasteiger partial charge on any atom is -0.342 e. The minimum absolute atomic E-state index is 0.241. The van der Waals surface area contributed by atoms with Crippen molar-refractivity contribution >= 4 is 5.91 Å². The van der Waals surface area contributed by atoms with Crippen molar-refractivity contribution in [1.29, 1.82) is 0 Å². The monoisotopic (exact) mass is 310 g/mol. The number of amides is 1. The van der Waals surface area contributed by atoms with Crippen LogP contribution < -0.4 is 0 Å². The van der Waals surface area contributed by atoms with Gasteiger partial charge in [-0.05, 0) is 38.2 Å². The summed E-state index contributed by atoms with van der Waals surface area (Å²) in [5.74, 6) is 2.45. The number of aromatic amines is 1. The molecule has 2 fully saturated rings. The molecule has 0 unspecified atom stereocenters. The van der Waals surface area contributed by atoms with Crippen molar-refractivity contribution < 1.29 is 4.79 Å². The molecule has 4 rings (SSSR count). The van der Waals surface area contributed by atoms with Gasteiger partial charge in [-0.3, -0.25) is 9.89 Å². The highest BCUT2D eigenvalue weighted by atomic mass is 16.2. The average molecular weight is 310 g/mol. The minimum atomic E-state index is -0.241. The zero-order valence-electron chi connectivity index (χ0n) is 13.5. The van der Waals surface area contributed by atoms with E-state index in [0.717, 1.165) is 50.4 Å². The molecule has 2 heterocycles. The highest BCUT2D eigenvalue weighted by Gasteiger charge is 2.53. The van der Waals surface area contributed by atoms with Gasteiger partial charge in [0, 0.05) is 19.0 Å². The lowest BCUT2D eigenvalue weighted by molar-refractivity contribution is -0.135. The maximum atomic E-state index is 13.0. The molecule has 120 valence electrons. The number of carbonyl (C=O) groups excluding carboxylic acids is 1. The summed E-state index contributed by atoms with van der Waals surface area (Å²) in [4.78, 5) is 19.5. The first kappa shape index (κ1) is 14.4. The van der Waals surface area contributed by atoms with E-state index < -0.39 is 0 Å². The highest BCUT2D eigenvalue weighted by Crippen LogP contribution is 2.50. The molecular formula is C18H22N4O. The Labute approximate surface area is 136 Å². The van der Waals surface area contributed by atoms with Crippen LogP contribution in [0, 0.1) is 6.92 Å². The Bertz CT molecular complexity index is 697. The zero-order valence-corrected chi connectivity index (χ0v) is 13.5. The normalized spacial score (nSPS) is 20.5. The number of hydrogen-bond donors (Lipinski definition) is 1. The molecular weight excluding hydrogens is 288 g/mol. The van der Waals surface area contributed by atoms with Crippen molar-refractivity contribution in [2.24, 2.45) is 0 Å². The summed E-state index contributed by atoms with van der Waals surface area (Å²) in [6.07, 6.45) is 3.87. The molecule has 23 heavy (non-hydrogen) atoms. The van der Waals surface area contributed by atoms with Gasteiger partial charge < -0.3 is 4.90 Å². The lowest BCUT2D eigenvalue weighted by Gasteiger charge is -2.33. The van der Waals surface area contributed by atoms with Gasteiger partial charge in [0.25, 0.3) is 0 Å². The summed E-state index contributed by atoms with van der Waals surface area (Å²) < 4.78 is 0. The van der Waals surface area contributed by atoms with Crippen LogP contribution in [0.5, 0.6) is 0 Å². The fraction of sp³-hybridized carbons (Fsp3) is 0.500. The molecule has 1 aliphatic heterocycles. The average Bonchev–Trinajstić information content (AvgIpc) is 3.31. The number of nitrogens with zero attached hydrogens (tertiary/aromatic N) is 3. The number of likely N-dealkylation sites (tertiary alicyclic amines) is 1. The standard InChI is InChI=1S/C18H22N4O/c1-13-19-16(21-20-13)14-7-11-22(12-8-14)17(23)18(9-10-18)15-5-3-2-4-6-15/h2-6,14H,7-12H2,1H3,(H,19,20,21). The van der Waals surface area contributed by atoms with Crippen LogP contribution >= 0.6 is 0 Å². The molecule has 1 aliphatic carbocycles. The molecule has 1 saturated carbocycles. The van der Waals surface area contributed by atoms with E-state index >= 15 is 0 Å². The molecule has 1 saturated heterocycles. The van der Waals surface area contributed by atoms with Gasteiger partial charge in [0.15, 0.2) is 5.82 Å². The molecule has 1 N–H and O–H groups in total. The van der Waals surface area contributed by atoms with Gasteiger partial charge in [0.05, 0.1) is 5.41 Å². The van der Waals surface area contributed by atoms with E-state index in [4.69, 9.17) is 0 Å². The summed E-state index contributed by atoms with van der Waals surface area (Å²) in [6, 6.07) is 10.2. The van der Waals surface area contributed by atoms with Gasteiger partial charge in [-0.15, -0.1) is 0 Å². The smallest absolute Gasteiger partial charge is 0.233 e. The van der Waals surface area contributed by atoms with Crippen LogP contribution in [0.4, 0.5) is 0 Å². The molecule has 1 aromatic heterocycles. The van der Waals surface area contributed by atoms with Crippen molar-refractivity contribution in [2.45, 2.75) is 43.9 Å². The Morgan fingerprint density at radius 3 is 2.48 bits per heavy atom. The van der Waals surface area contributed by atoms with Gasteiger partial charge in [-0.25, -0.2) is 4.98 Å². The molecule has 1 amide bonds. The van der Waals surface area contributed by atoms with Crippen LogP contribution in [-0.2, 0) is 10.2 Å². The first-order chi connectivity index (χ1) is 11.2. The lowest BCUT2D eigenvalue weighted by Crippen LogP contribution is -2.43. The van der Waals surface area contributed by atoms with E-state index in [1.165, 1.54) is 5.56 Å². The predicted octanol–water partition coefficient (Wildman–Crippen LogP) is 2.55. The van der Waals surface area contributed by atoms with Crippen LogP contribution in [0.1, 0.15) is 48.8 Å². The summed E-state index contributed by atoms with van der Waals surface area (Å²) in [6.45, 7) is 3.54. The van der Waals surface area contributed by atoms with E-state index in [0.29, 0.717) is 11.8 Å². The van der Waals surface area contributed by atoms with Crippen molar-refractivity contribution in [3.63, 3.8) is 0 Å². The van der Waals surface area contributed by atoms with E-state index in [1.807, 2.05) is 25.1 Å². The molecule has 2 aliphatic rings. The number of aryl methyl sites for hydroxylation is 1. The number of rotatable bonds is 3. The summed E-state index contributed by atoms with van der Waals surface area (Å²) >= 11 is 0. The fourth-order valence-electron chi connectivity index (χ4n) is 3.69. The van der Waals surface area contributed by atoms with Crippen molar-refractivity contribution in [3.05, 3.63) is 47.5 Å². The van der Waals surface area contributed by atoms with E-state index in [-0.39, 0.29) is 5.41 Å². The van der Waals surface area contributed by atoms with Gasteiger partial charge in [-0.1, -0.05) is 30.3 Å². The number of piperidine rings is 1. The molecule has 0 bridgehead atoms. The largest absolute Gasteiger partial charge is 0.342 e. The van der Waals surface area contributed by atoms with Crippen molar-refractivity contribution in [2.75, 3.05) is 13.1 Å². The first-order valence-corrected chi connectivity index (χ1v) is 8.43. The van der Waals surface area contributed by atoms with Gasteiger partial charge in [0.2, 0.25) is 5.91 Å². The number of H-pyrrole nitrogens is 1. The van der Waals surface area contributed by atoms with E-state index in [1.54, 1.807) is 0 Å². The third-order valence-electron chi connectivity index (χ3n) is 5.25. The molecule has 0 spiro atoms. The second kappa shape index (κ2) is 5.48. The summed E-state index contributed by atoms with van der Waals surface area (Å²) in [5, 5.41) is 7.19. The number of nitrogens with one attached hydrogen (secondary N) is 1. The zero-order chi connectivity index (χ0) is 15.9. The van der Waals surface area contributed by atoms with Crippen LogP contribution in [0.25, 0.3) is 0 Å². The quantitative estimate of drug-likeness (QED) is 0.947. The lowest BCUT2D eigenvalue weighted by atomic mass is 9.91. The highest BCUT2D eigenvalue weighted by molar-refractivity contribution is 5.91. The Kier molecular flexibility index (Phi) is 3.43. The Morgan fingerprint density at radius 2 is 1.91 bits per heavy atom. The number of carbonyl (C=O) groups is 1. The van der Waals surface area contributed by atoms with Crippen LogP contribution in [0.3, 0.4) is 0 Å². The van der Waals surface area contributed by atoms with Gasteiger partial charge >= 0.3 is 0 Å². The van der Waals surface area contributed by atoms with Crippen LogP contribution in [0.2, 0.25) is 0 Å². The Balaban J connectivity index is 1.43. The second-order valence-electron chi connectivity index (χ2n) is 6.79. The Morgan fingerprint density at radius 1 is 1.22 bits per heavy atom. The molecule has 0 radical (unpaired) electrons. The van der Waals surface area contributed by atoms with E-state index in [2.05, 4.69) is 32.2 Å². The Hall–Kier alpha value is -2.17. The van der Waals surface area contributed by atoms with Crippen molar-refractivity contribution in [1.82, 2.24) is 20.1 Å². The van der Waals surface area contributed by atoms with Crippen molar-refractivity contribution in [3.8, 4) is 0 Å². The van der Waals surface area contributed by atoms with Crippen LogP contribution in [0.15, 0.2) is 30.3 Å². The predicted molar refractivity (Wildman–Crippen MR) is 87.0 cm³/mol. The summed E-state index contributed by atoms with van der Waals surface area (Å²) in [7, 11) is 0. The van der Waals surface area contributed by atoms with E-state index in [9.17, 15) is 4.79 Å². The third kappa shape index (κ3) is 2.54. The second-order valence-corrected chi connectivity index (χ2v) is 6.79.